The molecule has 2 atom stereocenters. The maximum atomic E-state index is 13.3. The third-order valence-corrected chi connectivity index (χ3v) is 7.24. The molecule has 1 aliphatic rings. The number of methoxy groups -OCH3 is 1. The summed E-state index contributed by atoms with van der Waals surface area (Å²) in [6, 6.07) is 13.0. The van der Waals surface area contributed by atoms with Crippen molar-refractivity contribution in [2.24, 2.45) is 0 Å². The maximum absolute atomic E-state index is 13.3. The lowest BCUT2D eigenvalue weighted by atomic mass is 9.80. The van der Waals surface area contributed by atoms with Crippen molar-refractivity contribution in [3.05, 3.63) is 91.8 Å². The molecule has 1 aliphatic heterocycles. The van der Waals surface area contributed by atoms with E-state index in [-0.39, 0.29) is 30.0 Å². The molecule has 0 saturated heterocycles. The molecule has 3 rings (SSSR count). The van der Waals surface area contributed by atoms with Crippen LogP contribution in [0.1, 0.15) is 51.0 Å². The van der Waals surface area contributed by atoms with Gasteiger partial charge in [-0.1, -0.05) is 48.7 Å². The second-order valence-electron chi connectivity index (χ2n) is 10.1. The van der Waals surface area contributed by atoms with Crippen LogP contribution < -0.4 is 15.4 Å². The minimum atomic E-state index is -0.891. The molecule has 11 nitrogen and oxygen atoms in total. The number of hydrogen-bond donors (Lipinski definition) is 3. The van der Waals surface area contributed by atoms with Crippen LogP contribution in [0.25, 0.3) is 0 Å². The Morgan fingerprint density at radius 3 is 2.44 bits per heavy atom. The van der Waals surface area contributed by atoms with E-state index < -0.39 is 28.9 Å². The number of unbranched alkanes of at least 4 members (excludes halogenated alkanes) is 3. The number of non-ortho nitro benzene ring substituents is 1. The first-order chi connectivity index (χ1) is 20.6. The van der Waals surface area contributed by atoms with Crippen LogP contribution in [-0.2, 0) is 19.1 Å². The monoisotopic (exact) mass is 615 g/mol. The van der Waals surface area contributed by atoms with E-state index in [9.17, 15) is 24.8 Å². The minimum Gasteiger partial charge on any atom is -0.489 e. The van der Waals surface area contributed by atoms with Gasteiger partial charge in [0.1, 0.15) is 18.5 Å². The molecule has 0 fully saturated rings. The molecule has 0 amide bonds. The SMILES string of the molecule is COC(=O)C1=C(C)NC(C)=C(C(=O)OCCCCCCNCC(O)COc2ccccc2Cl)C1c1cccc([N+](=O)[O-])c1. The average Bonchev–Trinajstić information content (AvgIpc) is 2.99. The molecule has 2 aromatic carbocycles. The number of carbonyl (C=O) groups is 2. The summed E-state index contributed by atoms with van der Waals surface area (Å²) >= 11 is 6.05. The third kappa shape index (κ3) is 9.54. The van der Waals surface area contributed by atoms with Gasteiger partial charge in [0.25, 0.3) is 5.69 Å². The van der Waals surface area contributed by atoms with Gasteiger partial charge in [0.05, 0.1) is 40.7 Å². The lowest BCUT2D eigenvalue weighted by Crippen LogP contribution is -2.32. The van der Waals surface area contributed by atoms with Crippen LogP contribution in [0.15, 0.2) is 71.1 Å². The largest absolute Gasteiger partial charge is 0.489 e. The fourth-order valence-corrected chi connectivity index (χ4v) is 5.01. The summed E-state index contributed by atoms with van der Waals surface area (Å²) in [5.41, 5.74) is 1.64. The number of aliphatic hydroxyl groups is 1. The number of para-hydroxylation sites is 1. The first kappa shape index (κ1) is 33.6. The number of nitro benzene ring substituents is 1. The lowest BCUT2D eigenvalue weighted by molar-refractivity contribution is -0.384. The fraction of sp³-hybridized carbons (Fsp3) is 0.419. The number of nitrogens with zero attached hydrogens (tertiary/aromatic N) is 1. The van der Waals surface area contributed by atoms with E-state index in [1.807, 2.05) is 12.1 Å². The molecule has 0 saturated carbocycles. The standard InChI is InChI=1S/C31H38ClN3O8/c1-20-27(30(37)41-3)29(22-11-10-12-23(17-22)35(39)40)28(21(2)34-20)31(38)42-16-9-5-4-8-15-33-18-24(36)19-43-26-14-7-6-13-25(26)32/h6-7,10-14,17,24,29,33-34,36H,4-5,8-9,15-16,18-19H2,1-3H3. The number of allylic oxidation sites excluding steroid dienone is 2. The highest BCUT2D eigenvalue weighted by atomic mass is 35.5. The number of ether oxygens (including phenoxy) is 3. The second kappa shape index (κ2) is 16.6. The Kier molecular flexibility index (Phi) is 13.0. The molecule has 12 heteroatoms. The summed E-state index contributed by atoms with van der Waals surface area (Å²) < 4.78 is 16.1. The predicted octanol–water partition coefficient (Wildman–Crippen LogP) is 4.79. The van der Waals surface area contributed by atoms with Crippen LogP contribution in [0.2, 0.25) is 5.02 Å². The molecule has 0 radical (unpaired) electrons. The molecule has 2 aromatic rings. The van der Waals surface area contributed by atoms with Crippen LogP contribution in [0.5, 0.6) is 5.75 Å². The summed E-state index contributed by atoms with van der Waals surface area (Å²) in [4.78, 5) is 36.9. The summed E-state index contributed by atoms with van der Waals surface area (Å²) in [6.07, 6.45) is 2.56. The van der Waals surface area contributed by atoms with Gasteiger partial charge in [0.2, 0.25) is 0 Å². The zero-order valence-electron chi connectivity index (χ0n) is 24.6. The molecule has 43 heavy (non-hydrogen) atoms. The van der Waals surface area contributed by atoms with E-state index >= 15 is 0 Å². The van der Waals surface area contributed by atoms with Gasteiger partial charge in [-0.3, -0.25) is 10.1 Å². The summed E-state index contributed by atoms with van der Waals surface area (Å²) in [7, 11) is 1.24. The molecular weight excluding hydrogens is 578 g/mol. The van der Waals surface area contributed by atoms with Gasteiger partial charge < -0.3 is 30.0 Å². The number of aliphatic hydroxyl groups excluding tert-OH is 1. The summed E-state index contributed by atoms with van der Waals surface area (Å²) in [5.74, 6) is -1.61. The maximum Gasteiger partial charge on any atom is 0.336 e. The Balaban J connectivity index is 1.46. The van der Waals surface area contributed by atoms with Crippen molar-refractivity contribution in [1.82, 2.24) is 10.6 Å². The quantitative estimate of drug-likeness (QED) is 0.104. The summed E-state index contributed by atoms with van der Waals surface area (Å²) in [6.45, 7) is 4.80. The highest BCUT2D eigenvalue weighted by molar-refractivity contribution is 6.32. The van der Waals surface area contributed by atoms with E-state index in [0.29, 0.717) is 47.2 Å². The molecule has 0 aliphatic carbocycles. The number of dihydropyridines is 1. The van der Waals surface area contributed by atoms with Crippen molar-refractivity contribution in [2.45, 2.75) is 51.6 Å². The minimum absolute atomic E-state index is 0.131. The van der Waals surface area contributed by atoms with Gasteiger partial charge in [0.15, 0.2) is 0 Å². The van der Waals surface area contributed by atoms with E-state index in [1.54, 1.807) is 32.0 Å². The highest BCUT2D eigenvalue weighted by Crippen LogP contribution is 2.40. The van der Waals surface area contributed by atoms with Gasteiger partial charge in [0, 0.05) is 30.1 Å². The Hall–Kier alpha value is -3.93. The van der Waals surface area contributed by atoms with Crippen molar-refractivity contribution in [3.63, 3.8) is 0 Å². The number of hydrogen-bond acceptors (Lipinski definition) is 10. The molecule has 0 aromatic heterocycles. The van der Waals surface area contributed by atoms with Crippen LogP contribution in [0, 0.1) is 10.1 Å². The van der Waals surface area contributed by atoms with Gasteiger partial charge in [-0.2, -0.15) is 0 Å². The topological polar surface area (TPSA) is 149 Å². The number of carbonyl (C=O) groups excluding carboxylic acids is 2. The fourth-order valence-electron chi connectivity index (χ4n) is 4.82. The van der Waals surface area contributed by atoms with E-state index in [2.05, 4.69) is 10.6 Å². The number of rotatable bonds is 16. The van der Waals surface area contributed by atoms with Crippen molar-refractivity contribution < 1.29 is 33.8 Å². The molecule has 3 N–H and O–H groups in total. The van der Waals surface area contributed by atoms with Crippen LogP contribution in [0.4, 0.5) is 5.69 Å². The number of benzene rings is 2. The zero-order valence-corrected chi connectivity index (χ0v) is 25.3. The van der Waals surface area contributed by atoms with Gasteiger partial charge in [-0.05, 0) is 50.9 Å². The molecule has 232 valence electrons. The second-order valence-corrected chi connectivity index (χ2v) is 10.5. The number of halogens is 1. The number of nitro groups is 1. The first-order valence-corrected chi connectivity index (χ1v) is 14.5. The first-order valence-electron chi connectivity index (χ1n) is 14.1. The molecule has 0 bridgehead atoms. The number of nitrogens with one attached hydrogen (secondary N) is 2. The molecular formula is C31H38ClN3O8. The smallest absolute Gasteiger partial charge is 0.336 e. The van der Waals surface area contributed by atoms with Crippen LogP contribution in [0.3, 0.4) is 0 Å². The van der Waals surface area contributed by atoms with Crippen LogP contribution in [-0.4, -0.2) is 61.5 Å². The predicted molar refractivity (Wildman–Crippen MR) is 162 cm³/mol. The van der Waals surface area contributed by atoms with Gasteiger partial charge in [-0.15, -0.1) is 0 Å². The molecule has 1 heterocycles. The molecule has 2 unspecified atom stereocenters. The Labute approximate surface area is 256 Å². The Bertz CT molecular complexity index is 1360. The van der Waals surface area contributed by atoms with Crippen molar-refractivity contribution in [2.75, 3.05) is 33.4 Å². The lowest BCUT2D eigenvalue weighted by Gasteiger charge is -2.30. The van der Waals surface area contributed by atoms with E-state index in [1.165, 1.54) is 25.3 Å². The van der Waals surface area contributed by atoms with Gasteiger partial charge >= 0.3 is 11.9 Å². The van der Waals surface area contributed by atoms with Crippen molar-refractivity contribution >= 4 is 29.2 Å². The van der Waals surface area contributed by atoms with Gasteiger partial charge in [-0.25, -0.2) is 9.59 Å². The Morgan fingerprint density at radius 1 is 1.05 bits per heavy atom. The normalized spacial score (nSPS) is 15.5. The van der Waals surface area contributed by atoms with Crippen LogP contribution >= 0.6 is 11.6 Å². The summed E-state index contributed by atoms with van der Waals surface area (Å²) in [5, 5.41) is 28.3. The highest BCUT2D eigenvalue weighted by Gasteiger charge is 2.38. The van der Waals surface area contributed by atoms with Crippen molar-refractivity contribution in [1.29, 1.82) is 0 Å². The van der Waals surface area contributed by atoms with E-state index in [0.717, 1.165) is 19.3 Å². The number of esters is 2. The zero-order chi connectivity index (χ0) is 31.4. The van der Waals surface area contributed by atoms with E-state index in [4.69, 9.17) is 25.8 Å². The Morgan fingerprint density at radius 2 is 1.74 bits per heavy atom. The van der Waals surface area contributed by atoms with Crippen molar-refractivity contribution in [3.8, 4) is 5.75 Å². The molecule has 0 spiro atoms. The average molecular weight is 616 g/mol. The third-order valence-electron chi connectivity index (χ3n) is 6.93.